The molecule has 470 valence electrons. The maximum atomic E-state index is 14.7. The van der Waals surface area contributed by atoms with Gasteiger partial charge in [-0.2, -0.15) is 26.3 Å². The lowest BCUT2D eigenvalue weighted by atomic mass is 10.0. The minimum Gasteiger partial charge on any atom is -0.372 e. The predicted molar refractivity (Wildman–Crippen MR) is 343 cm³/mol. The summed E-state index contributed by atoms with van der Waals surface area (Å²) in [5.74, 6) is -1.22. The molecule has 6 aromatic heterocycles. The van der Waals surface area contributed by atoms with Gasteiger partial charge in [0.15, 0.2) is 0 Å². The van der Waals surface area contributed by atoms with Crippen molar-refractivity contribution < 1.29 is 40.3 Å². The fourth-order valence-corrected chi connectivity index (χ4v) is 12.4. The van der Waals surface area contributed by atoms with Crippen LogP contribution in [0.25, 0.3) is 99.0 Å². The molecule has 0 bridgehead atoms. The summed E-state index contributed by atoms with van der Waals surface area (Å²) in [5, 5.41) is 2.66. The highest BCUT2D eigenvalue weighted by molar-refractivity contribution is 6.06. The maximum absolute atomic E-state index is 14.7. The molecule has 0 N–H and O–H groups in total. The molecule has 2 aliphatic heterocycles. The van der Waals surface area contributed by atoms with Crippen LogP contribution in [0.15, 0.2) is 182 Å². The number of hydrogen-bond acceptors (Lipinski definition) is 13. The van der Waals surface area contributed by atoms with Crippen LogP contribution in [-0.2, 0) is 29.0 Å². The molecule has 18 nitrogen and oxygen atoms in total. The zero-order chi connectivity index (χ0) is 65.2. The smallest absolute Gasteiger partial charge is 0.372 e. The van der Waals surface area contributed by atoms with E-state index in [1.807, 2.05) is 72.8 Å². The van der Waals surface area contributed by atoms with Gasteiger partial charge in [0.1, 0.15) is 5.39 Å². The number of aromatic nitrogens is 7. The van der Waals surface area contributed by atoms with Crippen molar-refractivity contribution in [2.75, 3.05) is 62.2 Å². The number of benzene rings is 6. The van der Waals surface area contributed by atoms with E-state index in [2.05, 4.69) is 19.9 Å². The van der Waals surface area contributed by atoms with Crippen molar-refractivity contribution in [2.45, 2.75) is 39.0 Å². The monoisotopic (exact) mass is 1260 g/mol. The first-order chi connectivity index (χ1) is 44.7. The van der Waals surface area contributed by atoms with Crippen LogP contribution >= 0.6 is 0 Å². The van der Waals surface area contributed by atoms with Gasteiger partial charge < -0.3 is 24.0 Å². The van der Waals surface area contributed by atoms with E-state index in [0.717, 1.165) is 64.3 Å². The normalized spacial score (nSPS) is 14.0. The number of pyridine rings is 4. The van der Waals surface area contributed by atoms with Crippen molar-refractivity contribution in [3.05, 3.63) is 211 Å². The second kappa shape index (κ2) is 24.0. The fraction of sp³-hybridized carbons (Fsp3) is 0.217. The molecule has 2 saturated heterocycles. The van der Waals surface area contributed by atoms with E-state index in [9.17, 15) is 55.1 Å². The van der Waals surface area contributed by atoms with Gasteiger partial charge >= 0.3 is 29.4 Å². The van der Waals surface area contributed by atoms with Gasteiger partial charge in [0.2, 0.25) is 11.8 Å². The first-order valence-electron chi connectivity index (χ1n) is 29.9. The highest BCUT2D eigenvalue weighted by atomic mass is 19.4. The minimum absolute atomic E-state index is 0.0374. The number of piperazine rings is 2. The first-order valence-corrected chi connectivity index (χ1v) is 29.9. The summed E-state index contributed by atoms with van der Waals surface area (Å²) in [6.07, 6.45) is -2.83. The summed E-state index contributed by atoms with van der Waals surface area (Å²) in [4.78, 5) is 102. The van der Waals surface area contributed by atoms with E-state index < -0.39 is 46.1 Å². The molecule has 14 rings (SSSR count). The number of carbonyl (C=O) groups excluding carboxylic acids is 2. The number of halogens is 6. The third-order valence-corrected chi connectivity index (χ3v) is 17.2. The summed E-state index contributed by atoms with van der Waals surface area (Å²) in [7, 11) is 1.29. The molecule has 24 heteroatoms. The molecule has 0 aliphatic carbocycles. The molecule has 2 fully saturated rings. The van der Waals surface area contributed by atoms with Crippen LogP contribution in [0.4, 0.5) is 37.7 Å². The number of hydrogen-bond donors (Lipinski definition) is 0. The molecule has 12 aromatic rings. The van der Waals surface area contributed by atoms with Gasteiger partial charge in [-0.05, 0) is 96.1 Å². The molecule has 0 unspecified atom stereocenters. The first kappa shape index (κ1) is 60.8. The molecule has 93 heavy (non-hydrogen) atoms. The van der Waals surface area contributed by atoms with Gasteiger partial charge in [-0.25, -0.2) is 19.0 Å². The van der Waals surface area contributed by atoms with Crippen molar-refractivity contribution in [2.24, 2.45) is 7.05 Å². The van der Waals surface area contributed by atoms with Crippen LogP contribution in [0.5, 0.6) is 0 Å². The highest BCUT2D eigenvalue weighted by Crippen LogP contribution is 2.41. The Hall–Kier alpha value is -11.0. The largest absolute Gasteiger partial charge is 0.426 e. The lowest BCUT2D eigenvalue weighted by Crippen LogP contribution is -2.49. The van der Waals surface area contributed by atoms with Gasteiger partial charge in [0.25, 0.3) is 5.56 Å². The molecule has 8 heterocycles. The van der Waals surface area contributed by atoms with E-state index >= 15 is 0 Å². The summed E-state index contributed by atoms with van der Waals surface area (Å²) in [5.41, 5.74) is 1.26. The molecular formula is C69H55F6N11O7. The van der Waals surface area contributed by atoms with Gasteiger partial charge in [-0.3, -0.25) is 43.5 Å². The van der Waals surface area contributed by atoms with Crippen molar-refractivity contribution in [1.29, 1.82) is 0 Å². The van der Waals surface area contributed by atoms with Gasteiger partial charge in [0, 0.05) is 141 Å². The Bertz CT molecular complexity index is 5280. The van der Waals surface area contributed by atoms with E-state index in [1.165, 1.54) is 43.7 Å². The van der Waals surface area contributed by atoms with Crippen LogP contribution < -0.4 is 32.4 Å². The standard InChI is InChI=1S/C35H29F3N6O3.C34H26F3N5O4/c1-3-31(45)43-14-12-42(13-15-43)30-11-9-24(18-27(30)35(36,37)38)44-32-25-17-21(23-16-22-6-4-5-7-28(22)39-19-23)8-10-29(25)40-20-26(32)33(46)41(2)34(44)47;1-2-30(43)41-13-11-40(12-14-41)29-10-8-23(17-26(29)34(35,36)37)42-31-24-16-20(22-15-21-5-3-4-6-27(21)38-18-22)7-9-28(24)39-19-25(31)32(44)46-33(42)45/h4-11,16-20H,3,12-15H2,1-2H3;3-10,15-19H,2,11-14H2,1H3. The minimum atomic E-state index is -4.77. The second-order valence-electron chi connectivity index (χ2n) is 22.7. The van der Waals surface area contributed by atoms with E-state index in [0.29, 0.717) is 66.4 Å². The van der Waals surface area contributed by atoms with Crippen LogP contribution in [-0.4, -0.2) is 108 Å². The van der Waals surface area contributed by atoms with Crippen LogP contribution in [0.2, 0.25) is 0 Å². The lowest BCUT2D eigenvalue weighted by Gasteiger charge is -2.37. The Morgan fingerprint density at radius 2 is 0.892 bits per heavy atom. The van der Waals surface area contributed by atoms with Crippen LogP contribution in [0.3, 0.4) is 0 Å². The van der Waals surface area contributed by atoms with Crippen LogP contribution in [0, 0.1) is 0 Å². The predicted octanol–water partition coefficient (Wildman–Crippen LogP) is 11.3. The van der Waals surface area contributed by atoms with Crippen molar-refractivity contribution >= 4 is 88.6 Å². The number of nitrogens with zero attached hydrogens (tertiary/aromatic N) is 11. The van der Waals surface area contributed by atoms with Crippen molar-refractivity contribution in [3.63, 3.8) is 0 Å². The van der Waals surface area contributed by atoms with Gasteiger partial charge in [-0.1, -0.05) is 62.4 Å². The number of amides is 2. The maximum Gasteiger partial charge on any atom is 0.426 e. The quantitative estimate of drug-likeness (QED) is 0.103. The average molecular weight is 1260 g/mol. The number of alkyl halides is 6. The van der Waals surface area contributed by atoms with Crippen LogP contribution in [0.1, 0.15) is 37.8 Å². The van der Waals surface area contributed by atoms with E-state index in [1.54, 1.807) is 70.1 Å². The SMILES string of the molecule is CCC(=O)N1CCN(c2ccc(-n3c(=O)n(C)c(=O)c4cnc5ccc(-c6cnc7ccccc7c6)cc5c43)cc2C(F)(F)F)CC1.CCC(=O)N1CCN(c2ccc(-n3c(=O)oc(=O)c4cnc5ccc(-c6cnc7ccccc7c6)cc5c43)cc2C(F)(F)F)CC1. The zero-order valence-corrected chi connectivity index (χ0v) is 50.1. The molecule has 0 atom stereocenters. The Balaban J connectivity index is 0.000000169. The molecular weight excluding hydrogens is 1210 g/mol. The molecule has 6 aromatic carbocycles. The van der Waals surface area contributed by atoms with Crippen molar-refractivity contribution in [1.82, 2.24) is 43.4 Å². The average Bonchev–Trinajstić information content (AvgIpc) is 0.751. The number of fused-ring (bicyclic) bond motifs is 8. The summed E-state index contributed by atoms with van der Waals surface area (Å²) in [6, 6.07) is 37.2. The second-order valence-corrected chi connectivity index (χ2v) is 22.7. The summed E-state index contributed by atoms with van der Waals surface area (Å²) in [6.45, 7) is 5.63. The number of anilines is 2. The Kier molecular flexibility index (Phi) is 15.7. The number of para-hydroxylation sites is 2. The molecule has 2 amide bonds. The molecule has 0 saturated carbocycles. The van der Waals surface area contributed by atoms with E-state index in [-0.39, 0.29) is 82.5 Å². The number of carbonyl (C=O) groups is 2. The Morgan fingerprint density at radius 3 is 1.35 bits per heavy atom. The third-order valence-electron chi connectivity index (χ3n) is 17.2. The topological polar surface area (TPSA) is 195 Å². The molecule has 0 radical (unpaired) electrons. The third kappa shape index (κ3) is 11.3. The molecule has 0 spiro atoms. The zero-order valence-electron chi connectivity index (χ0n) is 50.1. The summed E-state index contributed by atoms with van der Waals surface area (Å²) >= 11 is 0. The Morgan fingerprint density at radius 1 is 0.462 bits per heavy atom. The van der Waals surface area contributed by atoms with Gasteiger partial charge in [0.05, 0.1) is 61.0 Å². The summed E-state index contributed by atoms with van der Waals surface area (Å²) < 4.78 is 95.7. The number of rotatable bonds is 8. The Labute approximate surface area is 523 Å². The highest BCUT2D eigenvalue weighted by Gasteiger charge is 2.38. The van der Waals surface area contributed by atoms with Crippen molar-refractivity contribution in [3.8, 4) is 33.6 Å². The van der Waals surface area contributed by atoms with Gasteiger partial charge in [-0.15, -0.1) is 0 Å². The fourth-order valence-electron chi connectivity index (χ4n) is 12.4. The van der Waals surface area contributed by atoms with E-state index in [4.69, 9.17) is 4.42 Å². The molecule has 2 aliphatic rings. The lowest BCUT2D eigenvalue weighted by molar-refractivity contribution is -0.138.